The van der Waals surface area contributed by atoms with Crippen LogP contribution in [-0.2, 0) is 6.42 Å². The first-order valence-electron chi connectivity index (χ1n) is 7.67. The largest absolute Gasteiger partial charge is 0.508 e. The second-order valence-electron chi connectivity index (χ2n) is 6.98. The Morgan fingerprint density at radius 3 is 3.05 bits per heavy atom. The third-order valence-electron chi connectivity index (χ3n) is 6.04. The molecule has 0 heterocycles. The maximum Gasteiger partial charge on any atom is 0.115 e. The predicted molar refractivity (Wildman–Crippen MR) is 77.2 cm³/mol. The molecule has 1 fully saturated rings. The van der Waals surface area contributed by atoms with Crippen LogP contribution in [0, 0.1) is 17.3 Å². The third kappa shape index (κ3) is 1.60. The Labute approximate surface area is 115 Å². The molecular formula is C18H22O. The van der Waals surface area contributed by atoms with E-state index in [1.54, 1.807) is 0 Å². The lowest BCUT2D eigenvalue weighted by molar-refractivity contribution is 0.0826. The SMILES string of the molecule is C[C@@]12C=CC[C@H]1[C@@H]1CCc3cc(O)ccc3[C@@H]1CC2. The van der Waals surface area contributed by atoms with Crippen molar-refractivity contribution < 1.29 is 5.11 Å². The summed E-state index contributed by atoms with van der Waals surface area (Å²) in [6.45, 7) is 2.46. The molecule has 0 bridgehead atoms. The number of hydrogen-bond donors (Lipinski definition) is 1. The van der Waals surface area contributed by atoms with Crippen molar-refractivity contribution in [1.82, 2.24) is 0 Å². The minimum absolute atomic E-state index is 0.431. The molecule has 0 saturated heterocycles. The van der Waals surface area contributed by atoms with E-state index in [-0.39, 0.29) is 0 Å². The average molecular weight is 254 g/mol. The van der Waals surface area contributed by atoms with Gasteiger partial charge in [0.15, 0.2) is 0 Å². The van der Waals surface area contributed by atoms with Crippen LogP contribution in [0.5, 0.6) is 5.75 Å². The Morgan fingerprint density at radius 1 is 1.26 bits per heavy atom. The van der Waals surface area contributed by atoms with Gasteiger partial charge in [0.25, 0.3) is 0 Å². The normalized spacial score (nSPS) is 39.5. The van der Waals surface area contributed by atoms with Gasteiger partial charge in [-0.1, -0.05) is 25.1 Å². The molecule has 0 amide bonds. The highest BCUT2D eigenvalue weighted by molar-refractivity contribution is 5.40. The second kappa shape index (κ2) is 3.88. The molecule has 3 aliphatic carbocycles. The van der Waals surface area contributed by atoms with Crippen LogP contribution in [0.4, 0.5) is 0 Å². The van der Waals surface area contributed by atoms with Crippen molar-refractivity contribution >= 4 is 0 Å². The van der Waals surface area contributed by atoms with Crippen molar-refractivity contribution in [3.8, 4) is 5.75 Å². The number of allylic oxidation sites excluding steroid dienone is 2. The first-order valence-corrected chi connectivity index (χ1v) is 7.67. The van der Waals surface area contributed by atoms with E-state index in [0.717, 1.165) is 24.2 Å². The summed E-state index contributed by atoms with van der Waals surface area (Å²) < 4.78 is 0. The van der Waals surface area contributed by atoms with Gasteiger partial charge in [-0.3, -0.25) is 0 Å². The summed E-state index contributed by atoms with van der Waals surface area (Å²) in [4.78, 5) is 0. The third-order valence-corrected chi connectivity index (χ3v) is 6.04. The molecule has 1 nitrogen and oxygen atoms in total. The van der Waals surface area contributed by atoms with Gasteiger partial charge in [0.05, 0.1) is 0 Å². The molecule has 4 atom stereocenters. The lowest BCUT2D eigenvalue weighted by atomic mass is 9.56. The van der Waals surface area contributed by atoms with Gasteiger partial charge in [-0.05, 0) is 78.5 Å². The number of phenolic OH excluding ortho intramolecular Hbond substituents is 1. The van der Waals surface area contributed by atoms with Crippen molar-refractivity contribution in [2.24, 2.45) is 17.3 Å². The maximum absolute atomic E-state index is 9.67. The van der Waals surface area contributed by atoms with Gasteiger partial charge < -0.3 is 5.11 Å². The quantitative estimate of drug-likeness (QED) is 0.680. The van der Waals surface area contributed by atoms with Crippen molar-refractivity contribution in [3.63, 3.8) is 0 Å². The van der Waals surface area contributed by atoms with Crippen molar-refractivity contribution in [3.05, 3.63) is 41.5 Å². The highest BCUT2D eigenvalue weighted by atomic mass is 16.3. The first kappa shape index (κ1) is 11.6. The van der Waals surface area contributed by atoms with Gasteiger partial charge >= 0.3 is 0 Å². The molecule has 0 aliphatic heterocycles. The lowest BCUT2D eigenvalue weighted by Gasteiger charge is -2.49. The van der Waals surface area contributed by atoms with E-state index in [1.807, 2.05) is 12.1 Å². The Morgan fingerprint density at radius 2 is 2.16 bits per heavy atom. The molecule has 1 aromatic rings. The van der Waals surface area contributed by atoms with Crippen LogP contribution in [0.1, 0.15) is 49.7 Å². The Hall–Kier alpha value is -1.24. The molecule has 100 valence electrons. The standard InChI is InChI=1S/C18H22O/c1-18-9-2-3-17(18)16-6-4-12-11-13(19)5-7-14(12)15(16)8-10-18/h2,5,7,9,11,15-17,19H,3-4,6,8,10H2,1H3/t15-,16+,17-,18-/m0/s1. The van der Waals surface area contributed by atoms with Crippen LogP contribution < -0.4 is 0 Å². The van der Waals surface area contributed by atoms with E-state index in [9.17, 15) is 5.11 Å². The molecule has 1 aromatic carbocycles. The molecule has 1 heteroatoms. The summed E-state index contributed by atoms with van der Waals surface area (Å²) in [6, 6.07) is 6.06. The van der Waals surface area contributed by atoms with Crippen LogP contribution >= 0.6 is 0 Å². The van der Waals surface area contributed by atoms with E-state index in [0.29, 0.717) is 11.2 Å². The summed E-state index contributed by atoms with van der Waals surface area (Å²) >= 11 is 0. The van der Waals surface area contributed by atoms with E-state index < -0.39 is 0 Å². The highest BCUT2D eigenvalue weighted by Gasteiger charge is 2.48. The summed E-state index contributed by atoms with van der Waals surface area (Å²) in [7, 11) is 0. The van der Waals surface area contributed by atoms with Gasteiger partial charge in [0, 0.05) is 0 Å². The minimum atomic E-state index is 0.431. The zero-order chi connectivity index (χ0) is 13.0. The summed E-state index contributed by atoms with van der Waals surface area (Å²) in [5.74, 6) is 2.88. The number of benzene rings is 1. The molecule has 1 N–H and O–H groups in total. The van der Waals surface area contributed by atoms with Crippen LogP contribution in [-0.4, -0.2) is 5.11 Å². The molecule has 0 unspecified atom stereocenters. The van der Waals surface area contributed by atoms with Crippen molar-refractivity contribution in [1.29, 1.82) is 0 Å². The smallest absolute Gasteiger partial charge is 0.115 e. The minimum Gasteiger partial charge on any atom is -0.508 e. The van der Waals surface area contributed by atoms with E-state index in [2.05, 4.69) is 25.1 Å². The Kier molecular flexibility index (Phi) is 2.36. The molecule has 0 aromatic heterocycles. The van der Waals surface area contributed by atoms with Crippen molar-refractivity contribution in [2.75, 3.05) is 0 Å². The number of fused-ring (bicyclic) bond motifs is 5. The fourth-order valence-corrected chi connectivity index (χ4v) is 5.05. The van der Waals surface area contributed by atoms with E-state index in [1.165, 1.54) is 36.8 Å². The molecule has 19 heavy (non-hydrogen) atoms. The Bertz CT molecular complexity index is 545. The summed E-state index contributed by atoms with van der Waals surface area (Å²) in [5, 5.41) is 9.67. The number of hydrogen-bond acceptors (Lipinski definition) is 1. The Balaban J connectivity index is 1.73. The number of phenols is 1. The number of aromatic hydroxyl groups is 1. The van der Waals surface area contributed by atoms with Crippen LogP contribution in [0.2, 0.25) is 0 Å². The van der Waals surface area contributed by atoms with Crippen LogP contribution in [0.15, 0.2) is 30.4 Å². The van der Waals surface area contributed by atoms with Gasteiger partial charge in [-0.25, -0.2) is 0 Å². The van der Waals surface area contributed by atoms with E-state index in [4.69, 9.17) is 0 Å². The topological polar surface area (TPSA) is 20.2 Å². The van der Waals surface area contributed by atoms with Gasteiger partial charge in [0.2, 0.25) is 0 Å². The highest BCUT2D eigenvalue weighted by Crippen LogP contribution is 2.58. The molecular weight excluding hydrogens is 232 g/mol. The molecule has 4 rings (SSSR count). The molecule has 0 spiro atoms. The van der Waals surface area contributed by atoms with Crippen LogP contribution in [0.3, 0.4) is 0 Å². The molecule has 0 radical (unpaired) electrons. The lowest BCUT2D eigenvalue weighted by Crippen LogP contribution is -2.39. The van der Waals surface area contributed by atoms with E-state index >= 15 is 0 Å². The first-order chi connectivity index (χ1) is 9.17. The number of rotatable bonds is 0. The van der Waals surface area contributed by atoms with Gasteiger partial charge in [-0.2, -0.15) is 0 Å². The average Bonchev–Trinajstić information content (AvgIpc) is 2.79. The zero-order valence-corrected chi connectivity index (χ0v) is 11.6. The number of aryl methyl sites for hydroxylation is 1. The fourth-order valence-electron chi connectivity index (χ4n) is 5.05. The van der Waals surface area contributed by atoms with Crippen LogP contribution in [0.25, 0.3) is 0 Å². The summed E-state index contributed by atoms with van der Waals surface area (Å²) in [5.41, 5.74) is 3.40. The summed E-state index contributed by atoms with van der Waals surface area (Å²) in [6.07, 6.45) is 11.3. The van der Waals surface area contributed by atoms with Crippen molar-refractivity contribution in [2.45, 2.75) is 44.9 Å². The monoisotopic (exact) mass is 254 g/mol. The molecule has 1 saturated carbocycles. The molecule has 3 aliphatic rings. The second-order valence-corrected chi connectivity index (χ2v) is 6.98. The fraction of sp³-hybridized carbons (Fsp3) is 0.556. The van der Waals surface area contributed by atoms with Gasteiger partial charge in [-0.15, -0.1) is 0 Å². The van der Waals surface area contributed by atoms with Gasteiger partial charge in [0.1, 0.15) is 5.75 Å². The maximum atomic E-state index is 9.67. The zero-order valence-electron chi connectivity index (χ0n) is 11.6. The predicted octanol–water partition coefficient (Wildman–Crippen LogP) is 4.41.